The van der Waals surface area contributed by atoms with Gasteiger partial charge in [-0.1, -0.05) is 29.3 Å². The van der Waals surface area contributed by atoms with Crippen molar-refractivity contribution in [2.75, 3.05) is 6.54 Å². The average molecular weight is 318 g/mol. The van der Waals surface area contributed by atoms with Crippen LogP contribution in [-0.2, 0) is 4.79 Å². The Kier molecular flexibility index (Phi) is 5.42. The summed E-state index contributed by atoms with van der Waals surface area (Å²) in [7, 11) is 0. The molecule has 1 N–H and O–H groups in total. The highest BCUT2D eigenvalue weighted by Gasteiger charge is 2.30. The van der Waals surface area contributed by atoms with Gasteiger partial charge in [-0.25, -0.2) is 0 Å². The van der Waals surface area contributed by atoms with Crippen molar-refractivity contribution < 1.29 is 14.7 Å². The number of carboxylic acid groups (broad SMARTS) is 1. The molecule has 0 aromatic heterocycles. The minimum atomic E-state index is -0.961. The molecule has 0 heterocycles. The largest absolute Gasteiger partial charge is 0.481 e. The summed E-state index contributed by atoms with van der Waals surface area (Å²) in [5.74, 6) is -1.33. The number of halogens is 2. The third-order valence-corrected chi connectivity index (χ3v) is 3.41. The third kappa shape index (κ3) is 4.12. The molecular weight excluding hydrogens is 301 g/mol. The summed E-state index contributed by atoms with van der Waals surface area (Å²) in [5.41, 5.74) is -0.328. The maximum Gasteiger partial charge on any atom is 0.305 e. The van der Waals surface area contributed by atoms with Crippen LogP contribution in [0.25, 0.3) is 0 Å². The standard InChI is InChI=1S/C14H17Cl2NO3/c1-14(2,3)17(8-7-11(18)19)13(20)12-9(15)5-4-6-10(12)16/h4-6H,7-8H2,1-3H3,(H,18,19). The van der Waals surface area contributed by atoms with Crippen molar-refractivity contribution in [2.24, 2.45) is 0 Å². The van der Waals surface area contributed by atoms with Crippen molar-refractivity contribution in [1.82, 2.24) is 4.90 Å². The number of carbonyl (C=O) groups is 2. The van der Waals surface area contributed by atoms with E-state index >= 15 is 0 Å². The summed E-state index contributed by atoms with van der Waals surface area (Å²) in [5, 5.41) is 9.31. The van der Waals surface area contributed by atoms with Gasteiger partial charge in [-0.05, 0) is 32.9 Å². The van der Waals surface area contributed by atoms with Crippen LogP contribution < -0.4 is 0 Å². The molecule has 0 saturated carbocycles. The van der Waals surface area contributed by atoms with Gasteiger partial charge in [-0.2, -0.15) is 0 Å². The molecule has 20 heavy (non-hydrogen) atoms. The first-order valence-corrected chi connectivity index (χ1v) is 6.88. The molecule has 6 heteroatoms. The number of carboxylic acids is 1. The highest BCUT2D eigenvalue weighted by molar-refractivity contribution is 6.39. The Hall–Kier alpha value is -1.26. The predicted molar refractivity (Wildman–Crippen MR) is 79.5 cm³/mol. The molecule has 0 spiro atoms. The van der Waals surface area contributed by atoms with Crippen molar-refractivity contribution in [3.05, 3.63) is 33.8 Å². The van der Waals surface area contributed by atoms with Crippen LogP contribution in [0.4, 0.5) is 0 Å². The van der Waals surface area contributed by atoms with Gasteiger partial charge in [0.2, 0.25) is 0 Å². The Bertz CT molecular complexity index is 503. The van der Waals surface area contributed by atoms with Crippen LogP contribution in [-0.4, -0.2) is 34.0 Å². The lowest BCUT2D eigenvalue weighted by Gasteiger charge is -2.36. The summed E-state index contributed by atoms with van der Waals surface area (Å²) in [6.07, 6.45) is -0.134. The average Bonchev–Trinajstić information content (AvgIpc) is 2.26. The number of benzene rings is 1. The minimum Gasteiger partial charge on any atom is -0.481 e. The second kappa shape index (κ2) is 6.46. The Balaban J connectivity index is 3.14. The molecule has 0 aliphatic rings. The molecule has 0 saturated heterocycles. The van der Waals surface area contributed by atoms with E-state index in [1.807, 2.05) is 20.8 Å². The van der Waals surface area contributed by atoms with Crippen LogP contribution in [0.5, 0.6) is 0 Å². The van der Waals surface area contributed by atoms with Crippen LogP contribution in [0, 0.1) is 0 Å². The maximum atomic E-state index is 12.6. The van der Waals surface area contributed by atoms with E-state index in [4.69, 9.17) is 28.3 Å². The smallest absolute Gasteiger partial charge is 0.305 e. The van der Waals surface area contributed by atoms with E-state index in [0.29, 0.717) is 0 Å². The summed E-state index contributed by atoms with van der Waals surface area (Å²) >= 11 is 12.1. The molecule has 0 fully saturated rings. The molecule has 4 nitrogen and oxygen atoms in total. The second-order valence-electron chi connectivity index (χ2n) is 5.37. The van der Waals surface area contributed by atoms with Crippen LogP contribution in [0.1, 0.15) is 37.6 Å². The number of aliphatic carboxylic acids is 1. The van der Waals surface area contributed by atoms with Gasteiger partial charge in [0, 0.05) is 12.1 Å². The van der Waals surface area contributed by atoms with E-state index in [9.17, 15) is 9.59 Å². The molecular formula is C14H17Cl2NO3. The van der Waals surface area contributed by atoms with E-state index in [0.717, 1.165) is 0 Å². The first-order valence-electron chi connectivity index (χ1n) is 6.12. The molecule has 0 aliphatic heterocycles. The summed E-state index contributed by atoms with van der Waals surface area (Å²) < 4.78 is 0. The Morgan fingerprint density at radius 1 is 1.20 bits per heavy atom. The zero-order valence-electron chi connectivity index (χ0n) is 11.6. The fourth-order valence-electron chi connectivity index (χ4n) is 1.79. The SMILES string of the molecule is CC(C)(C)N(CCC(=O)O)C(=O)c1c(Cl)cccc1Cl. The van der Waals surface area contributed by atoms with Crippen molar-refractivity contribution in [3.8, 4) is 0 Å². The molecule has 1 amide bonds. The van der Waals surface area contributed by atoms with Gasteiger partial charge >= 0.3 is 5.97 Å². The summed E-state index contributed by atoms with van der Waals surface area (Å²) in [6.45, 7) is 5.59. The van der Waals surface area contributed by atoms with Gasteiger partial charge in [0.05, 0.1) is 22.0 Å². The molecule has 0 atom stereocenters. The summed E-state index contributed by atoms with van der Waals surface area (Å²) in [4.78, 5) is 24.8. The predicted octanol–water partition coefficient (Wildman–Crippen LogP) is 3.71. The van der Waals surface area contributed by atoms with Crippen LogP contribution in [0.2, 0.25) is 10.0 Å². The molecule has 1 aromatic carbocycles. The minimum absolute atomic E-state index is 0.0964. The number of hydrogen-bond donors (Lipinski definition) is 1. The van der Waals surface area contributed by atoms with Crippen molar-refractivity contribution in [1.29, 1.82) is 0 Å². The normalized spacial score (nSPS) is 11.2. The molecule has 0 unspecified atom stereocenters. The Labute approximate surface area is 128 Å². The Morgan fingerprint density at radius 3 is 2.10 bits per heavy atom. The molecule has 1 aromatic rings. The van der Waals surface area contributed by atoms with Crippen LogP contribution >= 0.6 is 23.2 Å². The number of hydrogen-bond acceptors (Lipinski definition) is 2. The monoisotopic (exact) mass is 317 g/mol. The van der Waals surface area contributed by atoms with Gasteiger partial charge in [-0.15, -0.1) is 0 Å². The van der Waals surface area contributed by atoms with Crippen molar-refractivity contribution in [2.45, 2.75) is 32.7 Å². The number of carbonyl (C=O) groups excluding carboxylic acids is 1. The molecule has 1 rings (SSSR count). The molecule has 0 radical (unpaired) electrons. The highest BCUT2D eigenvalue weighted by atomic mass is 35.5. The van der Waals surface area contributed by atoms with Crippen molar-refractivity contribution in [3.63, 3.8) is 0 Å². The topological polar surface area (TPSA) is 57.6 Å². The molecule has 110 valence electrons. The lowest BCUT2D eigenvalue weighted by atomic mass is 10.0. The number of amides is 1. The van der Waals surface area contributed by atoms with E-state index in [2.05, 4.69) is 0 Å². The Morgan fingerprint density at radius 2 is 1.70 bits per heavy atom. The fourth-order valence-corrected chi connectivity index (χ4v) is 2.35. The van der Waals surface area contributed by atoms with Crippen molar-refractivity contribution >= 4 is 35.1 Å². The second-order valence-corrected chi connectivity index (χ2v) is 6.18. The summed E-state index contributed by atoms with van der Waals surface area (Å²) in [6, 6.07) is 4.82. The van der Waals surface area contributed by atoms with Gasteiger partial charge in [0.15, 0.2) is 0 Å². The highest BCUT2D eigenvalue weighted by Crippen LogP contribution is 2.28. The van der Waals surface area contributed by atoms with E-state index < -0.39 is 11.5 Å². The first-order chi connectivity index (χ1) is 9.14. The first kappa shape index (κ1) is 16.8. The van der Waals surface area contributed by atoms with Gasteiger partial charge in [0.1, 0.15) is 0 Å². The van der Waals surface area contributed by atoms with E-state index in [1.165, 1.54) is 4.90 Å². The van der Waals surface area contributed by atoms with E-state index in [-0.39, 0.29) is 34.5 Å². The molecule has 0 aliphatic carbocycles. The van der Waals surface area contributed by atoms with Gasteiger partial charge < -0.3 is 10.0 Å². The number of nitrogens with zero attached hydrogens (tertiary/aromatic N) is 1. The number of rotatable bonds is 4. The van der Waals surface area contributed by atoms with Crippen LogP contribution in [0.3, 0.4) is 0 Å². The maximum absolute atomic E-state index is 12.6. The zero-order valence-corrected chi connectivity index (χ0v) is 13.1. The van der Waals surface area contributed by atoms with Gasteiger partial charge in [-0.3, -0.25) is 9.59 Å². The van der Waals surface area contributed by atoms with E-state index in [1.54, 1.807) is 18.2 Å². The fraction of sp³-hybridized carbons (Fsp3) is 0.429. The lowest BCUT2D eigenvalue weighted by Crippen LogP contribution is -2.46. The zero-order chi connectivity index (χ0) is 15.5. The van der Waals surface area contributed by atoms with Crippen LogP contribution in [0.15, 0.2) is 18.2 Å². The van der Waals surface area contributed by atoms with Gasteiger partial charge in [0.25, 0.3) is 5.91 Å². The lowest BCUT2D eigenvalue weighted by molar-refractivity contribution is -0.137. The third-order valence-electron chi connectivity index (χ3n) is 2.78. The molecule has 0 bridgehead atoms. The quantitative estimate of drug-likeness (QED) is 0.921.